The maximum absolute atomic E-state index is 12.1. The second kappa shape index (κ2) is 9.42. The quantitative estimate of drug-likeness (QED) is 0.397. The lowest BCUT2D eigenvalue weighted by Crippen LogP contribution is -2.39. The summed E-state index contributed by atoms with van der Waals surface area (Å²) >= 11 is 0. The summed E-state index contributed by atoms with van der Waals surface area (Å²) in [5.41, 5.74) is 0. The van der Waals surface area contributed by atoms with E-state index in [9.17, 15) is 18.0 Å². The van der Waals surface area contributed by atoms with E-state index in [1.54, 1.807) is 13.1 Å². The zero-order valence-electron chi connectivity index (χ0n) is 12.8. The van der Waals surface area contributed by atoms with Gasteiger partial charge in [0.25, 0.3) is 0 Å². The average molecular weight is 312 g/mol. The number of hydrogen-bond acceptors (Lipinski definition) is 2. The maximum Gasteiger partial charge on any atom is 0.489 e. The molecule has 0 bridgehead atoms. The molecule has 0 aromatic rings. The molecule has 0 radical (unpaired) electrons. The summed E-state index contributed by atoms with van der Waals surface area (Å²) in [7, 11) is -2.53. The van der Waals surface area contributed by atoms with Crippen LogP contribution in [0, 0.1) is 0 Å². The number of hydrogen-bond donors (Lipinski definition) is 0. The molecule has 0 aliphatic heterocycles. The van der Waals surface area contributed by atoms with E-state index < -0.39 is 20.5 Å². The summed E-state index contributed by atoms with van der Waals surface area (Å²) in [6.07, 6.45) is 4.27. The molecular weight excluding hydrogens is 285 g/mol. The van der Waals surface area contributed by atoms with Gasteiger partial charge in [-0.3, -0.25) is 0 Å². The van der Waals surface area contributed by atoms with Crippen LogP contribution in [0.25, 0.3) is 0 Å². The molecule has 0 amide bonds. The van der Waals surface area contributed by atoms with Crippen LogP contribution in [0.4, 0.5) is 13.2 Å². The Balaban J connectivity index is 3.70. The van der Waals surface area contributed by atoms with Gasteiger partial charge in [-0.05, 0) is 19.1 Å². The fourth-order valence-corrected chi connectivity index (χ4v) is 3.87. The first-order valence-electron chi connectivity index (χ1n) is 7.49. The second-order valence-electron chi connectivity index (χ2n) is 5.87. The van der Waals surface area contributed by atoms with Crippen LogP contribution in [0.5, 0.6) is 0 Å². The predicted molar refractivity (Wildman–Crippen MR) is 77.0 cm³/mol. The Bertz CT molecular complexity index is 278. The Morgan fingerprint density at radius 3 is 1.85 bits per heavy atom. The van der Waals surface area contributed by atoms with Crippen LogP contribution < -0.4 is 0 Å². The van der Waals surface area contributed by atoms with Gasteiger partial charge in [0.05, 0.1) is 0 Å². The number of carbonyl (C=O) groups is 1. The Kier molecular flexibility index (Phi) is 9.17. The Morgan fingerprint density at radius 2 is 1.40 bits per heavy atom. The van der Waals surface area contributed by atoms with E-state index in [4.69, 9.17) is 0 Å². The minimum absolute atomic E-state index is 0.601. The van der Waals surface area contributed by atoms with Crippen molar-refractivity contribution in [1.82, 2.24) is 0 Å². The molecule has 0 aliphatic carbocycles. The lowest BCUT2D eigenvalue weighted by molar-refractivity contribution is -0.190. The monoisotopic (exact) mass is 312 g/mol. The fourth-order valence-electron chi connectivity index (χ4n) is 2.04. The summed E-state index contributed by atoms with van der Waals surface area (Å²) in [5.74, 6) is -2.03. The molecular formula is C14H27F3O2Si. The molecule has 0 aromatic carbocycles. The Morgan fingerprint density at radius 1 is 0.950 bits per heavy atom. The first-order chi connectivity index (χ1) is 9.19. The number of halogens is 3. The van der Waals surface area contributed by atoms with E-state index in [1.165, 1.54) is 32.1 Å². The highest BCUT2D eigenvalue weighted by Crippen LogP contribution is 2.23. The van der Waals surface area contributed by atoms with Gasteiger partial charge < -0.3 is 4.43 Å². The first-order valence-corrected chi connectivity index (χ1v) is 10.6. The lowest BCUT2D eigenvalue weighted by atomic mass is 10.1. The standard InChI is InChI=1S/C14H27F3O2Si/c1-4-5-6-7-8-9-10-11-12-20(2,3)19-13(18)14(15,16)17/h4-12H2,1-3H3. The molecule has 120 valence electrons. The third-order valence-corrected chi connectivity index (χ3v) is 5.53. The van der Waals surface area contributed by atoms with Crippen molar-refractivity contribution in [1.29, 1.82) is 0 Å². The van der Waals surface area contributed by atoms with Crippen LogP contribution in [0.1, 0.15) is 58.3 Å². The third kappa shape index (κ3) is 10.3. The van der Waals surface area contributed by atoms with Gasteiger partial charge in [-0.15, -0.1) is 0 Å². The van der Waals surface area contributed by atoms with Crippen molar-refractivity contribution in [3.8, 4) is 0 Å². The van der Waals surface area contributed by atoms with Gasteiger partial charge in [0.15, 0.2) is 0 Å². The molecule has 20 heavy (non-hydrogen) atoms. The van der Waals surface area contributed by atoms with Gasteiger partial charge in [-0.1, -0.05) is 58.3 Å². The van der Waals surface area contributed by atoms with Gasteiger partial charge in [-0.2, -0.15) is 13.2 Å². The second-order valence-corrected chi connectivity index (χ2v) is 10.1. The molecule has 0 saturated carbocycles. The SMILES string of the molecule is CCCCCCCCCC[Si](C)(C)OC(=O)C(F)(F)F. The van der Waals surface area contributed by atoms with Crippen molar-refractivity contribution < 1.29 is 22.4 Å². The van der Waals surface area contributed by atoms with Crippen molar-refractivity contribution in [2.24, 2.45) is 0 Å². The summed E-state index contributed by atoms with van der Waals surface area (Å²) < 4.78 is 41.0. The molecule has 2 nitrogen and oxygen atoms in total. The van der Waals surface area contributed by atoms with E-state index in [0.29, 0.717) is 6.04 Å². The Hall–Kier alpha value is -0.523. The summed E-state index contributed by atoms with van der Waals surface area (Å²) in [6.45, 7) is 5.50. The van der Waals surface area contributed by atoms with Crippen molar-refractivity contribution in [2.45, 2.75) is 83.6 Å². The minimum Gasteiger partial charge on any atom is -0.513 e. The van der Waals surface area contributed by atoms with Crippen molar-refractivity contribution >= 4 is 14.3 Å². The van der Waals surface area contributed by atoms with Gasteiger partial charge in [0.1, 0.15) is 0 Å². The summed E-state index contributed by atoms with van der Waals surface area (Å²) in [5, 5.41) is 0. The fraction of sp³-hybridized carbons (Fsp3) is 0.929. The van der Waals surface area contributed by atoms with Crippen LogP contribution >= 0.6 is 0 Å². The summed E-state index contributed by atoms with van der Waals surface area (Å²) in [6, 6.07) is 0.601. The largest absolute Gasteiger partial charge is 0.513 e. The van der Waals surface area contributed by atoms with Crippen LogP contribution in [0.2, 0.25) is 19.1 Å². The van der Waals surface area contributed by atoms with Crippen LogP contribution in [0.3, 0.4) is 0 Å². The smallest absolute Gasteiger partial charge is 0.489 e. The molecule has 0 spiro atoms. The maximum atomic E-state index is 12.1. The highest BCUT2D eigenvalue weighted by atomic mass is 28.4. The average Bonchev–Trinajstić information content (AvgIpc) is 2.30. The van der Waals surface area contributed by atoms with Gasteiger partial charge in [0, 0.05) is 0 Å². The zero-order chi connectivity index (χ0) is 15.6. The van der Waals surface area contributed by atoms with Crippen molar-refractivity contribution in [3.63, 3.8) is 0 Å². The molecule has 0 aromatic heterocycles. The topological polar surface area (TPSA) is 26.3 Å². The highest BCUT2D eigenvalue weighted by Gasteiger charge is 2.44. The van der Waals surface area contributed by atoms with Crippen molar-refractivity contribution in [2.75, 3.05) is 0 Å². The molecule has 0 fully saturated rings. The van der Waals surface area contributed by atoms with Gasteiger partial charge in [-0.25, -0.2) is 4.79 Å². The van der Waals surface area contributed by atoms with Crippen molar-refractivity contribution in [3.05, 3.63) is 0 Å². The van der Waals surface area contributed by atoms with E-state index in [0.717, 1.165) is 19.3 Å². The molecule has 6 heteroatoms. The highest BCUT2D eigenvalue weighted by molar-refractivity contribution is 6.72. The van der Waals surface area contributed by atoms with E-state index in [1.807, 2.05) is 0 Å². The number of alkyl halides is 3. The van der Waals surface area contributed by atoms with Crippen LogP contribution in [0.15, 0.2) is 0 Å². The van der Waals surface area contributed by atoms with Gasteiger partial charge >= 0.3 is 12.1 Å². The van der Waals surface area contributed by atoms with Crippen LogP contribution in [-0.4, -0.2) is 20.5 Å². The zero-order valence-corrected chi connectivity index (χ0v) is 13.8. The Labute approximate surface area is 121 Å². The number of rotatable bonds is 10. The normalized spacial score (nSPS) is 12.5. The predicted octanol–water partition coefficient (Wildman–Crippen LogP) is 5.44. The molecule has 0 rings (SSSR count). The van der Waals surface area contributed by atoms with Gasteiger partial charge in [0.2, 0.25) is 8.32 Å². The van der Waals surface area contributed by atoms with E-state index in [2.05, 4.69) is 11.3 Å². The minimum atomic E-state index is -4.87. The third-order valence-electron chi connectivity index (χ3n) is 3.23. The molecule has 0 N–H and O–H groups in total. The molecule has 0 saturated heterocycles. The number of carbonyl (C=O) groups excluding carboxylic acids is 1. The first kappa shape index (κ1) is 19.5. The van der Waals surface area contributed by atoms with E-state index >= 15 is 0 Å². The van der Waals surface area contributed by atoms with E-state index in [-0.39, 0.29) is 0 Å². The molecule has 0 atom stereocenters. The van der Waals surface area contributed by atoms with Crippen LogP contribution in [-0.2, 0) is 9.22 Å². The summed E-state index contributed by atoms with van der Waals surface area (Å²) in [4.78, 5) is 10.8. The lowest BCUT2D eigenvalue weighted by Gasteiger charge is -2.23. The molecule has 0 unspecified atom stereocenters. The molecule has 0 aliphatic rings. The number of unbranched alkanes of at least 4 members (excludes halogenated alkanes) is 7. The molecule has 0 heterocycles.